The minimum atomic E-state index is -3.29. The second-order valence-corrected chi connectivity index (χ2v) is 11.8. The summed E-state index contributed by atoms with van der Waals surface area (Å²) in [6.45, 7) is 0.0649. The molecule has 0 aliphatic heterocycles. The van der Waals surface area contributed by atoms with Crippen molar-refractivity contribution in [1.29, 1.82) is 0 Å². The van der Waals surface area contributed by atoms with E-state index in [1.165, 1.54) is 0 Å². The zero-order chi connectivity index (χ0) is 20.9. The molecule has 1 aromatic carbocycles. The maximum absolute atomic E-state index is 12.5. The Kier molecular flexibility index (Phi) is 9.67. The van der Waals surface area contributed by atoms with Gasteiger partial charge in [-0.2, -0.15) is 0 Å². The third kappa shape index (κ3) is 7.83. The number of benzene rings is 1. The standard InChI is InChI=1S/C17H20I3NO6S/c1-28(24,25)21-6-7-26-16(22)10-2-4-12(5-3-10)27-17(23)13-8-11(18)9-14(19)15(13)20/h8-10,12,21H,2-7H2,1H3. The molecule has 1 aromatic rings. The highest BCUT2D eigenvalue weighted by Gasteiger charge is 2.30. The van der Waals surface area contributed by atoms with Crippen LogP contribution in [-0.2, 0) is 24.3 Å². The summed E-state index contributed by atoms with van der Waals surface area (Å²) in [5, 5.41) is 0. The van der Waals surface area contributed by atoms with Crippen LogP contribution < -0.4 is 4.72 Å². The van der Waals surface area contributed by atoms with Crippen LogP contribution in [0.2, 0.25) is 0 Å². The maximum Gasteiger partial charge on any atom is 0.339 e. The fourth-order valence-corrected chi connectivity index (χ4v) is 5.66. The van der Waals surface area contributed by atoms with Crippen molar-refractivity contribution in [2.75, 3.05) is 19.4 Å². The van der Waals surface area contributed by atoms with E-state index in [2.05, 4.69) is 72.5 Å². The van der Waals surface area contributed by atoms with Crippen LogP contribution in [0.15, 0.2) is 12.1 Å². The van der Waals surface area contributed by atoms with E-state index in [1.807, 2.05) is 12.1 Å². The van der Waals surface area contributed by atoms with Crippen molar-refractivity contribution < 1.29 is 27.5 Å². The first-order chi connectivity index (χ1) is 13.1. The van der Waals surface area contributed by atoms with E-state index in [9.17, 15) is 18.0 Å². The van der Waals surface area contributed by atoms with Gasteiger partial charge in [-0.15, -0.1) is 0 Å². The Morgan fingerprint density at radius 1 is 1.14 bits per heavy atom. The third-order valence-electron chi connectivity index (χ3n) is 4.20. The van der Waals surface area contributed by atoms with Crippen molar-refractivity contribution >= 4 is 89.7 Å². The van der Waals surface area contributed by atoms with E-state index in [0.29, 0.717) is 31.2 Å². The van der Waals surface area contributed by atoms with Crippen LogP contribution in [0.1, 0.15) is 36.0 Å². The Labute approximate surface area is 205 Å². The molecule has 0 spiro atoms. The van der Waals surface area contributed by atoms with Crippen LogP contribution in [0.4, 0.5) is 0 Å². The molecule has 7 nitrogen and oxygen atoms in total. The first-order valence-electron chi connectivity index (χ1n) is 8.53. The van der Waals surface area contributed by atoms with E-state index in [1.54, 1.807) is 0 Å². The second kappa shape index (κ2) is 11.0. The Balaban J connectivity index is 1.79. The first kappa shape index (κ1) is 24.5. The highest BCUT2D eigenvalue weighted by Crippen LogP contribution is 2.29. The average Bonchev–Trinajstić information content (AvgIpc) is 2.61. The van der Waals surface area contributed by atoms with Crippen molar-refractivity contribution in [3.8, 4) is 0 Å². The summed E-state index contributed by atoms with van der Waals surface area (Å²) in [6, 6.07) is 3.82. The van der Waals surface area contributed by atoms with Gasteiger partial charge in [0.2, 0.25) is 10.0 Å². The Hall–Kier alpha value is 0.260. The number of hydrogen-bond donors (Lipinski definition) is 1. The van der Waals surface area contributed by atoms with E-state index < -0.39 is 10.0 Å². The molecule has 0 amide bonds. The molecule has 0 radical (unpaired) electrons. The zero-order valence-corrected chi connectivity index (χ0v) is 22.3. The molecule has 1 fully saturated rings. The predicted octanol–water partition coefficient (Wildman–Crippen LogP) is 3.31. The van der Waals surface area contributed by atoms with Crippen molar-refractivity contribution in [2.24, 2.45) is 5.92 Å². The first-order valence-corrected chi connectivity index (χ1v) is 13.7. The predicted molar refractivity (Wildman–Crippen MR) is 130 cm³/mol. The lowest BCUT2D eigenvalue weighted by Crippen LogP contribution is -2.31. The SMILES string of the molecule is CS(=O)(=O)NCCOC(=O)C1CCC(OC(=O)c2cc(I)cc(I)c2I)CC1. The van der Waals surface area contributed by atoms with E-state index >= 15 is 0 Å². The Bertz CT molecular complexity index is 838. The number of carbonyl (C=O) groups excluding carboxylic acids is 2. The molecular formula is C17H20I3NO6S. The van der Waals surface area contributed by atoms with Crippen molar-refractivity contribution in [3.05, 3.63) is 28.4 Å². The number of rotatable bonds is 7. The molecule has 11 heteroatoms. The minimum absolute atomic E-state index is 0.00450. The number of ether oxygens (including phenoxy) is 2. The van der Waals surface area contributed by atoms with Crippen LogP contribution in [0.5, 0.6) is 0 Å². The molecule has 1 aliphatic carbocycles. The number of carbonyl (C=O) groups is 2. The topological polar surface area (TPSA) is 98.8 Å². The Morgan fingerprint density at radius 2 is 1.79 bits per heavy atom. The summed E-state index contributed by atoms with van der Waals surface area (Å²) in [6.07, 6.45) is 3.20. The van der Waals surface area contributed by atoms with Crippen LogP contribution >= 0.6 is 67.8 Å². The van der Waals surface area contributed by atoms with Gasteiger partial charge in [0, 0.05) is 17.3 Å². The number of nitrogens with one attached hydrogen (secondary N) is 1. The number of halogens is 3. The van der Waals surface area contributed by atoms with E-state index in [-0.39, 0.29) is 37.1 Å². The van der Waals surface area contributed by atoms with Crippen LogP contribution in [0, 0.1) is 16.6 Å². The van der Waals surface area contributed by atoms with Crippen LogP contribution in [0.25, 0.3) is 0 Å². The quantitative estimate of drug-likeness (QED) is 0.199. The molecule has 0 heterocycles. The fourth-order valence-electron chi connectivity index (χ4n) is 2.83. The van der Waals surface area contributed by atoms with Crippen LogP contribution in [-0.4, -0.2) is 45.9 Å². The number of esters is 2. The van der Waals surface area contributed by atoms with Crippen molar-refractivity contribution in [2.45, 2.75) is 31.8 Å². The summed E-state index contributed by atoms with van der Waals surface area (Å²) >= 11 is 6.52. The summed E-state index contributed by atoms with van der Waals surface area (Å²) in [4.78, 5) is 24.6. The lowest BCUT2D eigenvalue weighted by molar-refractivity contribution is -0.150. The smallest absolute Gasteiger partial charge is 0.339 e. The largest absolute Gasteiger partial charge is 0.464 e. The van der Waals surface area contributed by atoms with Gasteiger partial charge in [0.1, 0.15) is 12.7 Å². The highest BCUT2D eigenvalue weighted by molar-refractivity contribution is 14.1. The molecule has 0 saturated heterocycles. The number of hydrogen-bond acceptors (Lipinski definition) is 6. The molecule has 1 saturated carbocycles. The molecule has 1 N–H and O–H groups in total. The van der Waals surface area contributed by atoms with Crippen molar-refractivity contribution in [1.82, 2.24) is 4.72 Å². The normalized spacial score (nSPS) is 19.9. The van der Waals surface area contributed by atoms with Gasteiger partial charge in [0.05, 0.1) is 17.7 Å². The maximum atomic E-state index is 12.5. The lowest BCUT2D eigenvalue weighted by atomic mass is 9.87. The molecule has 2 rings (SSSR count). The third-order valence-corrected chi connectivity index (χ3v) is 8.60. The summed E-state index contributed by atoms with van der Waals surface area (Å²) < 4.78 is 37.9. The van der Waals surface area contributed by atoms with Crippen molar-refractivity contribution in [3.63, 3.8) is 0 Å². The zero-order valence-electron chi connectivity index (χ0n) is 15.0. The molecular weight excluding hydrogens is 727 g/mol. The average molecular weight is 747 g/mol. The molecule has 156 valence electrons. The molecule has 28 heavy (non-hydrogen) atoms. The van der Waals surface area contributed by atoms with Gasteiger partial charge in [0.15, 0.2) is 0 Å². The monoisotopic (exact) mass is 747 g/mol. The summed E-state index contributed by atoms with van der Waals surface area (Å²) in [5.74, 6) is -0.910. The highest BCUT2D eigenvalue weighted by atomic mass is 127. The minimum Gasteiger partial charge on any atom is -0.464 e. The van der Waals surface area contributed by atoms with Gasteiger partial charge >= 0.3 is 11.9 Å². The second-order valence-electron chi connectivity index (χ2n) is 6.46. The summed E-state index contributed by atoms with van der Waals surface area (Å²) in [7, 11) is -3.29. The van der Waals surface area contributed by atoms with E-state index in [0.717, 1.165) is 17.0 Å². The molecule has 0 atom stereocenters. The van der Waals surface area contributed by atoms with E-state index in [4.69, 9.17) is 9.47 Å². The van der Waals surface area contributed by atoms with Gasteiger partial charge in [-0.05, 0) is 106 Å². The van der Waals surface area contributed by atoms with Gasteiger partial charge in [-0.25, -0.2) is 17.9 Å². The Morgan fingerprint density at radius 3 is 2.39 bits per heavy atom. The summed E-state index contributed by atoms with van der Waals surface area (Å²) in [5.41, 5.74) is 0.566. The lowest BCUT2D eigenvalue weighted by Gasteiger charge is -2.27. The fraction of sp³-hybridized carbons (Fsp3) is 0.529. The van der Waals surface area contributed by atoms with Gasteiger partial charge < -0.3 is 9.47 Å². The molecule has 1 aliphatic rings. The molecule has 0 aromatic heterocycles. The van der Waals surface area contributed by atoms with Gasteiger partial charge in [-0.3, -0.25) is 4.79 Å². The molecule has 0 unspecified atom stereocenters. The number of sulfonamides is 1. The molecule has 0 bridgehead atoms. The van der Waals surface area contributed by atoms with Gasteiger partial charge in [-0.1, -0.05) is 0 Å². The van der Waals surface area contributed by atoms with Crippen LogP contribution in [0.3, 0.4) is 0 Å². The van der Waals surface area contributed by atoms with Gasteiger partial charge in [0.25, 0.3) is 0 Å².